The number of carboxylic acids is 1. The molecule has 1 unspecified atom stereocenters. The molecule has 0 saturated carbocycles. The van der Waals surface area contributed by atoms with E-state index in [2.05, 4.69) is 5.16 Å². The van der Waals surface area contributed by atoms with Crippen molar-refractivity contribution in [3.05, 3.63) is 17.5 Å². The van der Waals surface area contributed by atoms with Crippen LogP contribution in [0.1, 0.15) is 49.9 Å². The van der Waals surface area contributed by atoms with Gasteiger partial charge in [-0.2, -0.15) is 0 Å². The van der Waals surface area contributed by atoms with Crippen molar-refractivity contribution in [2.24, 2.45) is 0 Å². The van der Waals surface area contributed by atoms with Gasteiger partial charge in [-0.25, -0.2) is 9.59 Å². The predicted octanol–water partition coefficient (Wildman–Crippen LogP) is 2.30. The van der Waals surface area contributed by atoms with Gasteiger partial charge in [-0.3, -0.25) is 0 Å². The van der Waals surface area contributed by atoms with Crippen LogP contribution < -0.4 is 0 Å². The second-order valence-electron chi connectivity index (χ2n) is 5.18. The van der Waals surface area contributed by atoms with Gasteiger partial charge in [0.15, 0.2) is 5.76 Å². The Balaban J connectivity index is 2.87. The smallest absolute Gasteiger partial charge is 0.410 e. The normalized spacial score (nSPS) is 12.9. The van der Waals surface area contributed by atoms with E-state index in [9.17, 15) is 9.59 Å². The monoisotopic (exact) mass is 270 g/mol. The lowest BCUT2D eigenvalue weighted by Crippen LogP contribution is -2.36. The molecule has 0 aliphatic rings. The van der Waals surface area contributed by atoms with Crippen molar-refractivity contribution in [1.82, 2.24) is 10.1 Å². The van der Waals surface area contributed by atoms with Crippen LogP contribution in [0.25, 0.3) is 0 Å². The molecule has 1 heterocycles. The molecular formula is C12H18N2O5. The molecule has 7 heteroatoms. The highest BCUT2D eigenvalue weighted by Crippen LogP contribution is 2.24. The summed E-state index contributed by atoms with van der Waals surface area (Å²) in [5.74, 6) is -1.04. The summed E-state index contributed by atoms with van der Waals surface area (Å²) < 4.78 is 10.1. The molecule has 0 aliphatic heterocycles. The molecule has 1 aromatic heterocycles. The van der Waals surface area contributed by atoms with Gasteiger partial charge < -0.3 is 19.3 Å². The molecule has 1 rings (SSSR count). The average molecular weight is 270 g/mol. The van der Waals surface area contributed by atoms with Gasteiger partial charge in [-0.1, -0.05) is 5.16 Å². The van der Waals surface area contributed by atoms with Gasteiger partial charge >= 0.3 is 12.1 Å². The Morgan fingerprint density at radius 2 is 2.05 bits per heavy atom. The average Bonchev–Trinajstić information content (AvgIpc) is 2.73. The van der Waals surface area contributed by atoms with E-state index in [4.69, 9.17) is 14.4 Å². The van der Waals surface area contributed by atoms with Crippen molar-refractivity contribution >= 4 is 12.1 Å². The summed E-state index contributed by atoms with van der Waals surface area (Å²) in [5, 5.41) is 12.4. The molecule has 106 valence electrons. The van der Waals surface area contributed by atoms with Crippen molar-refractivity contribution in [2.45, 2.75) is 39.3 Å². The molecule has 0 bridgehead atoms. The summed E-state index contributed by atoms with van der Waals surface area (Å²) in [4.78, 5) is 24.1. The summed E-state index contributed by atoms with van der Waals surface area (Å²) in [6.45, 7) is 6.89. The lowest BCUT2D eigenvalue weighted by atomic mass is 10.1. The summed E-state index contributed by atoms with van der Waals surface area (Å²) in [5.41, 5.74) is -0.690. The fourth-order valence-corrected chi connectivity index (χ4v) is 1.38. The van der Waals surface area contributed by atoms with Crippen molar-refractivity contribution in [2.75, 3.05) is 7.05 Å². The number of ether oxygens (including phenoxy) is 1. The van der Waals surface area contributed by atoms with Crippen molar-refractivity contribution in [3.63, 3.8) is 0 Å². The highest BCUT2D eigenvalue weighted by Gasteiger charge is 2.29. The Morgan fingerprint density at radius 1 is 1.47 bits per heavy atom. The number of rotatable bonds is 3. The molecule has 1 atom stereocenters. The second-order valence-corrected chi connectivity index (χ2v) is 5.18. The van der Waals surface area contributed by atoms with Gasteiger partial charge in [0.2, 0.25) is 0 Å². The quantitative estimate of drug-likeness (QED) is 0.905. The maximum atomic E-state index is 11.9. The van der Waals surface area contributed by atoms with Crippen molar-refractivity contribution < 1.29 is 24.0 Å². The largest absolute Gasteiger partial charge is 0.478 e. The minimum absolute atomic E-state index is 0.0668. The summed E-state index contributed by atoms with van der Waals surface area (Å²) >= 11 is 0. The summed E-state index contributed by atoms with van der Waals surface area (Å²) in [6.07, 6.45) is 0.546. The van der Waals surface area contributed by atoms with Gasteiger partial charge in [0, 0.05) is 7.05 Å². The molecule has 1 aromatic rings. The standard InChI is InChI=1S/C12H18N2O5/c1-7(9-8(10(15)16)6-13-19-9)14(5)11(17)18-12(2,3)4/h6-7H,1-5H3,(H,15,16). The van der Waals surface area contributed by atoms with Crippen molar-refractivity contribution in [3.8, 4) is 0 Å². The third-order valence-corrected chi connectivity index (χ3v) is 2.47. The molecule has 0 spiro atoms. The predicted molar refractivity (Wildman–Crippen MR) is 65.9 cm³/mol. The lowest BCUT2D eigenvalue weighted by Gasteiger charge is -2.27. The third-order valence-electron chi connectivity index (χ3n) is 2.47. The van der Waals surface area contributed by atoms with Gasteiger partial charge in [0.1, 0.15) is 11.2 Å². The Hall–Kier alpha value is -2.05. The van der Waals surface area contributed by atoms with Crippen LogP contribution in [0.15, 0.2) is 10.7 Å². The Labute approximate surface area is 111 Å². The molecule has 0 fully saturated rings. The molecule has 0 saturated heterocycles. The van der Waals surface area contributed by atoms with E-state index in [1.807, 2.05) is 0 Å². The molecule has 0 aromatic carbocycles. The number of hydrogen-bond acceptors (Lipinski definition) is 5. The number of carbonyl (C=O) groups is 2. The fourth-order valence-electron chi connectivity index (χ4n) is 1.38. The SMILES string of the molecule is CC(c1oncc1C(=O)O)N(C)C(=O)OC(C)(C)C. The first-order valence-electron chi connectivity index (χ1n) is 5.77. The summed E-state index contributed by atoms with van der Waals surface area (Å²) in [7, 11) is 1.51. The zero-order chi connectivity index (χ0) is 14.8. The highest BCUT2D eigenvalue weighted by atomic mass is 16.6. The molecule has 0 aliphatic carbocycles. The zero-order valence-electron chi connectivity index (χ0n) is 11.6. The van der Waals surface area contributed by atoms with Gasteiger partial charge in [-0.05, 0) is 27.7 Å². The maximum absolute atomic E-state index is 11.9. The van der Waals surface area contributed by atoms with Crippen LogP contribution in [0.4, 0.5) is 4.79 Å². The zero-order valence-corrected chi connectivity index (χ0v) is 11.6. The van der Waals surface area contributed by atoms with Gasteiger partial charge in [-0.15, -0.1) is 0 Å². The molecule has 7 nitrogen and oxygen atoms in total. The van der Waals surface area contributed by atoms with E-state index in [0.717, 1.165) is 6.20 Å². The lowest BCUT2D eigenvalue weighted by molar-refractivity contribution is 0.0209. The number of aromatic nitrogens is 1. The van der Waals surface area contributed by atoms with Gasteiger partial charge in [0.25, 0.3) is 0 Å². The first-order chi connectivity index (χ1) is 8.63. The van der Waals surface area contributed by atoms with E-state index in [1.165, 1.54) is 11.9 Å². The molecule has 19 heavy (non-hydrogen) atoms. The van der Waals surface area contributed by atoms with Crippen LogP contribution in [0.2, 0.25) is 0 Å². The minimum Gasteiger partial charge on any atom is -0.478 e. The van der Waals surface area contributed by atoms with Crippen LogP contribution in [-0.2, 0) is 4.74 Å². The van der Waals surface area contributed by atoms with Crippen LogP contribution in [0.5, 0.6) is 0 Å². The number of amides is 1. The van der Waals surface area contributed by atoms with Gasteiger partial charge in [0.05, 0.1) is 12.2 Å². The number of aromatic carboxylic acids is 1. The second kappa shape index (κ2) is 5.29. The topological polar surface area (TPSA) is 92.9 Å². The molecule has 0 radical (unpaired) electrons. The number of hydrogen-bond donors (Lipinski definition) is 1. The number of nitrogens with zero attached hydrogens (tertiary/aromatic N) is 2. The minimum atomic E-state index is -1.15. The Morgan fingerprint density at radius 3 is 2.53 bits per heavy atom. The summed E-state index contributed by atoms with van der Waals surface area (Å²) in [6, 6.07) is -0.594. The maximum Gasteiger partial charge on any atom is 0.410 e. The van der Waals surface area contributed by atoms with E-state index < -0.39 is 23.7 Å². The number of carboxylic acid groups (broad SMARTS) is 1. The van der Waals surface area contributed by atoms with Crippen LogP contribution in [0.3, 0.4) is 0 Å². The number of carbonyl (C=O) groups excluding carboxylic acids is 1. The fraction of sp³-hybridized carbons (Fsp3) is 0.583. The molecular weight excluding hydrogens is 252 g/mol. The third kappa shape index (κ3) is 3.70. The van der Waals surface area contributed by atoms with Crippen LogP contribution in [-0.4, -0.2) is 39.9 Å². The Kier molecular flexibility index (Phi) is 4.18. The van der Waals surface area contributed by atoms with Crippen LogP contribution in [0, 0.1) is 0 Å². The van der Waals surface area contributed by atoms with Crippen LogP contribution >= 0.6 is 0 Å². The highest BCUT2D eigenvalue weighted by molar-refractivity contribution is 5.88. The molecule has 1 N–H and O–H groups in total. The first-order valence-corrected chi connectivity index (χ1v) is 5.77. The molecule has 1 amide bonds. The first kappa shape index (κ1) is 15.0. The van der Waals surface area contributed by atoms with E-state index >= 15 is 0 Å². The van der Waals surface area contributed by atoms with E-state index in [0.29, 0.717) is 0 Å². The Bertz CT molecular complexity index is 475. The van der Waals surface area contributed by atoms with E-state index in [1.54, 1.807) is 27.7 Å². The van der Waals surface area contributed by atoms with Crippen molar-refractivity contribution in [1.29, 1.82) is 0 Å². The van der Waals surface area contributed by atoms with E-state index in [-0.39, 0.29) is 11.3 Å².